The second kappa shape index (κ2) is 8.16. The Morgan fingerprint density at radius 2 is 1.77 bits per heavy atom. The van der Waals surface area contributed by atoms with E-state index < -0.39 is 11.8 Å². The molecule has 0 bridgehead atoms. The van der Waals surface area contributed by atoms with Gasteiger partial charge in [-0.15, -0.1) is 10.2 Å². The van der Waals surface area contributed by atoms with Crippen LogP contribution in [0.15, 0.2) is 59.8 Å². The topological polar surface area (TPSA) is 76.9 Å². The van der Waals surface area contributed by atoms with Crippen molar-refractivity contribution in [3.63, 3.8) is 0 Å². The van der Waals surface area contributed by atoms with Crippen molar-refractivity contribution in [2.45, 2.75) is 5.16 Å². The van der Waals surface area contributed by atoms with E-state index in [0.29, 0.717) is 21.6 Å². The van der Waals surface area contributed by atoms with Crippen LogP contribution in [-0.4, -0.2) is 32.3 Å². The van der Waals surface area contributed by atoms with Crippen LogP contribution in [0.1, 0.15) is 10.4 Å². The molecule has 132 valence electrons. The van der Waals surface area contributed by atoms with E-state index in [1.807, 2.05) is 18.2 Å². The second-order valence-corrected chi connectivity index (χ2v) is 6.73. The molecule has 0 spiro atoms. The number of imide groups is 1. The number of nitrogens with zero attached hydrogens (tertiary/aromatic N) is 3. The molecule has 0 aliphatic heterocycles. The number of amides is 2. The van der Waals surface area contributed by atoms with E-state index >= 15 is 0 Å². The van der Waals surface area contributed by atoms with Gasteiger partial charge in [-0.3, -0.25) is 14.9 Å². The van der Waals surface area contributed by atoms with E-state index in [-0.39, 0.29) is 5.75 Å². The lowest BCUT2D eigenvalue weighted by molar-refractivity contribution is -0.117. The first kappa shape index (κ1) is 18.2. The lowest BCUT2D eigenvalue weighted by Gasteiger charge is -2.06. The smallest absolute Gasteiger partial charge is 0.257 e. The van der Waals surface area contributed by atoms with Crippen LogP contribution >= 0.6 is 23.4 Å². The van der Waals surface area contributed by atoms with Crippen molar-refractivity contribution in [1.29, 1.82) is 0 Å². The molecule has 0 unspecified atom stereocenters. The molecule has 8 heteroatoms. The van der Waals surface area contributed by atoms with Crippen molar-refractivity contribution in [3.8, 4) is 11.4 Å². The van der Waals surface area contributed by atoms with Gasteiger partial charge in [0.1, 0.15) is 0 Å². The second-order valence-electron chi connectivity index (χ2n) is 5.38. The molecule has 2 amide bonds. The summed E-state index contributed by atoms with van der Waals surface area (Å²) in [6.07, 6.45) is 0. The number of benzene rings is 2. The number of hydrogen-bond acceptors (Lipinski definition) is 5. The maximum atomic E-state index is 12.0. The average molecular weight is 387 g/mol. The molecule has 0 fully saturated rings. The lowest BCUT2D eigenvalue weighted by atomic mass is 10.2. The number of hydrogen-bond donors (Lipinski definition) is 1. The number of aromatic nitrogens is 3. The highest BCUT2D eigenvalue weighted by Crippen LogP contribution is 2.28. The van der Waals surface area contributed by atoms with Gasteiger partial charge in [0, 0.05) is 18.2 Å². The Morgan fingerprint density at radius 1 is 1.08 bits per heavy atom. The Labute approximate surface area is 159 Å². The van der Waals surface area contributed by atoms with Gasteiger partial charge < -0.3 is 4.57 Å². The molecule has 0 atom stereocenters. The SMILES string of the molecule is Cn1c(SCC(=O)NC(=O)c2ccccc2)nnc1-c1ccccc1Cl. The highest BCUT2D eigenvalue weighted by atomic mass is 35.5. The summed E-state index contributed by atoms with van der Waals surface area (Å²) in [4.78, 5) is 24.0. The molecule has 0 radical (unpaired) electrons. The highest BCUT2D eigenvalue weighted by molar-refractivity contribution is 7.99. The first-order chi connectivity index (χ1) is 12.6. The molecule has 26 heavy (non-hydrogen) atoms. The molecule has 0 saturated heterocycles. The predicted octanol–water partition coefficient (Wildman–Crippen LogP) is 3.18. The van der Waals surface area contributed by atoms with E-state index in [9.17, 15) is 9.59 Å². The molecule has 1 aromatic heterocycles. The Bertz CT molecular complexity index is 943. The third kappa shape index (κ3) is 4.12. The minimum atomic E-state index is -0.425. The van der Waals surface area contributed by atoms with Crippen LogP contribution in [0.25, 0.3) is 11.4 Å². The summed E-state index contributed by atoms with van der Waals surface area (Å²) in [5.74, 6) is -0.163. The maximum absolute atomic E-state index is 12.0. The van der Waals surface area contributed by atoms with Crippen molar-refractivity contribution in [1.82, 2.24) is 20.1 Å². The molecule has 2 aromatic carbocycles. The molecular formula is C18H15ClN4O2S. The van der Waals surface area contributed by atoms with Crippen LogP contribution in [-0.2, 0) is 11.8 Å². The normalized spacial score (nSPS) is 10.5. The molecule has 3 aromatic rings. The number of carbonyl (C=O) groups excluding carboxylic acids is 2. The third-order valence-corrected chi connectivity index (χ3v) is 4.92. The summed E-state index contributed by atoms with van der Waals surface area (Å²) in [6.45, 7) is 0. The standard InChI is InChI=1S/C18H15ClN4O2S/c1-23-16(13-9-5-6-10-14(13)19)21-22-18(23)26-11-15(24)20-17(25)12-7-3-2-4-8-12/h2-10H,11H2,1H3,(H,20,24,25). The Kier molecular flexibility index (Phi) is 5.70. The summed E-state index contributed by atoms with van der Waals surface area (Å²) in [6, 6.07) is 15.9. The molecular weight excluding hydrogens is 372 g/mol. The molecule has 3 rings (SSSR count). The van der Waals surface area contributed by atoms with E-state index in [4.69, 9.17) is 11.6 Å². The van der Waals surface area contributed by atoms with Crippen molar-refractivity contribution >= 4 is 35.2 Å². The van der Waals surface area contributed by atoms with Gasteiger partial charge in [-0.25, -0.2) is 0 Å². The number of rotatable bonds is 5. The van der Waals surface area contributed by atoms with Crippen LogP contribution in [0.2, 0.25) is 5.02 Å². The van der Waals surface area contributed by atoms with Gasteiger partial charge in [0.15, 0.2) is 11.0 Å². The van der Waals surface area contributed by atoms with Gasteiger partial charge in [-0.1, -0.05) is 53.7 Å². The van der Waals surface area contributed by atoms with Crippen molar-refractivity contribution in [2.75, 3.05) is 5.75 Å². The number of thioether (sulfide) groups is 1. The van der Waals surface area contributed by atoms with Crippen LogP contribution in [0.3, 0.4) is 0 Å². The van der Waals surface area contributed by atoms with Gasteiger partial charge >= 0.3 is 0 Å². The fourth-order valence-electron chi connectivity index (χ4n) is 2.27. The highest BCUT2D eigenvalue weighted by Gasteiger charge is 2.16. The van der Waals surface area contributed by atoms with Gasteiger partial charge in [0.25, 0.3) is 5.91 Å². The van der Waals surface area contributed by atoms with E-state index in [0.717, 1.165) is 5.56 Å². The Balaban J connectivity index is 1.63. The summed E-state index contributed by atoms with van der Waals surface area (Å²) in [5, 5.41) is 11.7. The van der Waals surface area contributed by atoms with E-state index in [2.05, 4.69) is 15.5 Å². The zero-order valence-corrected chi connectivity index (χ0v) is 15.4. The molecule has 0 aliphatic carbocycles. The zero-order valence-electron chi connectivity index (χ0n) is 13.8. The van der Waals surface area contributed by atoms with E-state index in [1.165, 1.54) is 11.8 Å². The predicted molar refractivity (Wildman–Crippen MR) is 101 cm³/mol. The van der Waals surface area contributed by atoms with Crippen LogP contribution < -0.4 is 5.32 Å². The van der Waals surface area contributed by atoms with Crippen molar-refractivity contribution < 1.29 is 9.59 Å². The van der Waals surface area contributed by atoms with Crippen LogP contribution in [0, 0.1) is 0 Å². The van der Waals surface area contributed by atoms with Crippen LogP contribution in [0.4, 0.5) is 0 Å². The maximum Gasteiger partial charge on any atom is 0.257 e. The van der Waals surface area contributed by atoms with Gasteiger partial charge in [-0.2, -0.15) is 0 Å². The molecule has 1 N–H and O–H groups in total. The quantitative estimate of drug-likeness (QED) is 0.681. The molecule has 6 nitrogen and oxygen atoms in total. The number of carbonyl (C=O) groups is 2. The average Bonchev–Trinajstić information content (AvgIpc) is 3.01. The molecule has 0 aliphatic rings. The lowest BCUT2D eigenvalue weighted by Crippen LogP contribution is -2.31. The molecule has 0 saturated carbocycles. The Hall–Kier alpha value is -2.64. The molecule has 1 heterocycles. The zero-order chi connectivity index (χ0) is 18.5. The minimum Gasteiger partial charge on any atom is -0.305 e. The summed E-state index contributed by atoms with van der Waals surface area (Å²) in [7, 11) is 1.80. The number of nitrogens with one attached hydrogen (secondary N) is 1. The summed E-state index contributed by atoms with van der Waals surface area (Å²) in [5.41, 5.74) is 1.20. The largest absolute Gasteiger partial charge is 0.305 e. The van der Waals surface area contributed by atoms with Crippen molar-refractivity contribution in [3.05, 3.63) is 65.2 Å². The number of halogens is 1. The van der Waals surface area contributed by atoms with Crippen LogP contribution in [0.5, 0.6) is 0 Å². The fourth-order valence-corrected chi connectivity index (χ4v) is 3.20. The first-order valence-corrected chi connectivity index (χ1v) is 9.09. The minimum absolute atomic E-state index is 0.0487. The summed E-state index contributed by atoms with van der Waals surface area (Å²) >= 11 is 7.39. The monoisotopic (exact) mass is 386 g/mol. The summed E-state index contributed by atoms with van der Waals surface area (Å²) < 4.78 is 1.76. The van der Waals surface area contributed by atoms with Gasteiger partial charge in [-0.05, 0) is 24.3 Å². The van der Waals surface area contributed by atoms with E-state index in [1.54, 1.807) is 48.0 Å². The van der Waals surface area contributed by atoms with Gasteiger partial charge in [0.2, 0.25) is 5.91 Å². The third-order valence-electron chi connectivity index (χ3n) is 3.57. The first-order valence-electron chi connectivity index (χ1n) is 7.72. The van der Waals surface area contributed by atoms with Gasteiger partial charge in [0.05, 0.1) is 10.8 Å². The fraction of sp³-hybridized carbons (Fsp3) is 0.111. The van der Waals surface area contributed by atoms with Crippen molar-refractivity contribution in [2.24, 2.45) is 7.05 Å². The Morgan fingerprint density at radius 3 is 2.50 bits per heavy atom.